The Kier molecular flexibility index (Phi) is 3.83. The number of nitrogens with one attached hydrogen (secondary N) is 2. The average Bonchev–Trinajstić information content (AvgIpc) is 2.64. The maximum absolute atomic E-state index is 5.88. The van der Waals surface area contributed by atoms with Crippen molar-refractivity contribution in [2.45, 2.75) is 6.61 Å². The van der Waals surface area contributed by atoms with Gasteiger partial charge in [0.15, 0.2) is 5.82 Å². The smallest absolute Gasteiger partial charge is 0.246 e. The van der Waals surface area contributed by atoms with E-state index in [1.165, 1.54) is 0 Å². The third kappa shape index (κ3) is 3.33. The molecule has 0 fully saturated rings. The second-order valence-electron chi connectivity index (χ2n) is 3.32. The molecule has 0 aliphatic heterocycles. The maximum atomic E-state index is 5.88. The maximum Gasteiger partial charge on any atom is 0.246 e. The molecular weight excluding hydrogens is 263 g/mol. The number of ether oxygens (including phenoxy) is 1. The van der Waals surface area contributed by atoms with Gasteiger partial charge in [-0.1, -0.05) is 23.2 Å². The molecule has 90 valence electrons. The third-order valence-corrected chi connectivity index (χ3v) is 2.37. The van der Waals surface area contributed by atoms with Crippen molar-refractivity contribution < 1.29 is 4.74 Å². The molecule has 0 saturated heterocycles. The first kappa shape index (κ1) is 12.2. The number of H-pyrrole nitrogens is 1. The SMILES string of the molecule is COCc1nc(Nc2cc(Cl)cc(Cl)c2)n[nH]1. The molecule has 0 bridgehead atoms. The van der Waals surface area contributed by atoms with Crippen molar-refractivity contribution in [1.82, 2.24) is 15.2 Å². The number of methoxy groups -OCH3 is 1. The second kappa shape index (κ2) is 5.35. The molecule has 0 atom stereocenters. The number of anilines is 2. The molecule has 1 aromatic heterocycles. The minimum Gasteiger partial charge on any atom is -0.377 e. The number of benzene rings is 1. The Bertz CT molecular complexity index is 495. The molecule has 0 aliphatic rings. The van der Waals surface area contributed by atoms with Gasteiger partial charge in [-0.2, -0.15) is 4.98 Å². The molecule has 7 heteroatoms. The third-order valence-electron chi connectivity index (χ3n) is 1.93. The molecule has 2 aromatic rings. The van der Waals surface area contributed by atoms with Crippen LogP contribution in [0.4, 0.5) is 11.6 Å². The lowest BCUT2D eigenvalue weighted by Crippen LogP contribution is -1.93. The average molecular weight is 273 g/mol. The Morgan fingerprint density at radius 2 is 2.00 bits per heavy atom. The number of aromatic nitrogens is 3. The van der Waals surface area contributed by atoms with E-state index < -0.39 is 0 Å². The fourth-order valence-electron chi connectivity index (χ4n) is 1.31. The molecular formula is C10H10Cl2N4O. The highest BCUT2D eigenvalue weighted by Crippen LogP contribution is 2.24. The molecule has 2 N–H and O–H groups in total. The molecule has 0 saturated carbocycles. The van der Waals surface area contributed by atoms with E-state index in [0.717, 1.165) is 5.69 Å². The molecule has 1 heterocycles. The van der Waals surface area contributed by atoms with Gasteiger partial charge < -0.3 is 10.1 Å². The van der Waals surface area contributed by atoms with Gasteiger partial charge in [0.25, 0.3) is 0 Å². The van der Waals surface area contributed by atoms with Gasteiger partial charge in [0.1, 0.15) is 6.61 Å². The van der Waals surface area contributed by atoms with Crippen LogP contribution in [-0.2, 0) is 11.3 Å². The van der Waals surface area contributed by atoms with Crippen LogP contribution in [0.15, 0.2) is 18.2 Å². The van der Waals surface area contributed by atoms with E-state index in [9.17, 15) is 0 Å². The molecule has 0 amide bonds. The Balaban J connectivity index is 2.13. The minimum absolute atomic E-state index is 0.380. The first-order valence-electron chi connectivity index (χ1n) is 4.80. The highest BCUT2D eigenvalue weighted by atomic mass is 35.5. The second-order valence-corrected chi connectivity index (χ2v) is 4.19. The van der Waals surface area contributed by atoms with E-state index >= 15 is 0 Å². The molecule has 0 unspecified atom stereocenters. The molecule has 2 rings (SSSR count). The first-order valence-corrected chi connectivity index (χ1v) is 5.56. The Morgan fingerprint density at radius 1 is 1.29 bits per heavy atom. The predicted octanol–water partition coefficient (Wildman–Crippen LogP) is 3.00. The van der Waals surface area contributed by atoms with Gasteiger partial charge in [0, 0.05) is 22.8 Å². The predicted molar refractivity (Wildman–Crippen MR) is 66.8 cm³/mol. The van der Waals surface area contributed by atoms with Gasteiger partial charge in [-0.15, -0.1) is 5.10 Å². The van der Waals surface area contributed by atoms with Crippen molar-refractivity contribution in [3.8, 4) is 0 Å². The van der Waals surface area contributed by atoms with Crippen molar-refractivity contribution in [3.63, 3.8) is 0 Å². The van der Waals surface area contributed by atoms with Crippen LogP contribution < -0.4 is 5.32 Å². The monoisotopic (exact) mass is 272 g/mol. The largest absolute Gasteiger partial charge is 0.377 e. The van der Waals surface area contributed by atoms with Gasteiger partial charge in [-0.05, 0) is 18.2 Å². The summed E-state index contributed by atoms with van der Waals surface area (Å²) in [7, 11) is 1.59. The molecule has 0 spiro atoms. The molecule has 1 aromatic carbocycles. The van der Waals surface area contributed by atoms with E-state index in [2.05, 4.69) is 20.5 Å². The van der Waals surface area contributed by atoms with Gasteiger partial charge in [0.05, 0.1) is 0 Å². The van der Waals surface area contributed by atoms with Gasteiger partial charge in [0.2, 0.25) is 5.95 Å². The summed E-state index contributed by atoms with van der Waals surface area (Å²) in [5, 5.41) is 10.8. The number of halogens is 2. The van der Waals surface area contributed by atoms with Crippen LogP contribution in [0.3, 0.4) is 0 Å². The first-order chi connectivity index (χ1) is 8.17. The summed E-state index contributed by atoms with van der Waals surface area (Å²) in [4.78, 5) is 4.17. The van der Waals surface area contributed by atoms with E-state index in [-0.39, 0.29) is 0 Å². The molecule has 0 aliphatic carbocycles. The van der Waals surface area contributed by atoms with Crippen LogP contribution in [0.2, 0.25) is 10.0 Å². The summed E-state index contributed by atoms with van der Waals surface area (Å²) in [5.41, 5.74) is 0.727. The van der Waals surface area contributed by atoms with Crippen LogP contribution in [-0.4, -0.2) is 22.3 Å². The zero-order valence-electron chi connectivity index (χ0n) is 9.00. The van der Waals surface area contributed by atoms with Gasteiger partial charge >= 0.3 is 0 Å². The van der Waals surface area contributed by atoms with Crippen molar-refractivity contribution in [2.24, 2.45) is 0 Å². The fraction of sp³-hybridized carbons (Fsp3) is 0.200. The van der Waals surface area contributed by atoms with Crippen molar-refractivity contribution in [1.29, 1.82) is 0 Å². The van der Waals surface area contributed by atoms with E-state index in [0.29, 0.717) is 28.4 Å². The van der Waals surface area contributed by atoms with E-state index in [1.54, 1.807) is 25.3 Å². The normalized spacial score (nSPS) is 10.5. The summed E-state index contributed by atoms with van der Waals surface area (Å²) in [6.45, 7) is 0.380. The molecule has 5 nitrogen and oxygen atoms in total. The van der Waals surface area contributed by atoms with Gasteiger partial charge in [-0.3, -0.25) is 5.10 Å². The summed E-state index contributed by atoms with van der Waals surface area (Å²) >= 11 is 11.8. The highest BCUT2D eigenvalue weighted by Gasteiger charge is 2.04. The number of nitrogens with zero attached hydrogens (tertiary/aromatic N) is 2. The molecule has 17 heavy (non-hydrogen) atoms. The minimum atomic E-state index is 0.380. The fourth-order valence-corrected chi connectivity index (χ4v) is 1.83. The Hall–Kier alpha value is -1.30. The van der Waals surface area contributed by atoms with Crippen molar-refractivity contribution in [2.75, 3.05) is 12.4 Å². The summed E-state index contributed by atoms with van der Waals surface area (Å²) in [6, 6.07) is 5.13. The lowest BCUT2D eigenvalue weighted by molar-refractivity contribution is 0.178. The quantitative estimate of drug-likeness (QED) is 0.898. The van der Waals surface area contributed by atoms with Crippen molar-refractivity contribution in [3.05, 3.63) is 34.1 Å². The van der Waals surface area contributed by atoms with Gasteiger partial charge in [-0.25, -0.2) is 0 Å². The standard InChI is InChI=1S/C10H10Cl2N4O/c1-17-5-9-14-10(16-15-9)13-8-3-6(11)2-7(12)4-8/h2-4H,5H2,1H3,(H2,13,14,15,16). The van der Waals surface area contributed by atoms with Crippen LogP contribution >= 0.6 is 23.2 Å². The number of aromatic amines is 1. The zero-order valence-corrected chi connectivity index (χ0v) is 10.5. The zero-order chi connectivity index (χ0) is 12.3. The van der Waals surface area contributed by atoms with Crippen molar-refractivity contribution >= 4 is 34.8 Å². The van der Waals surface area contributed by atoms with E-state index in [1.807, 2.05) is 0 Å². The topological polar surface area (TPSA) is 62.8 Å². The van der Waals surface area contributed by atoms with Crippen LogP contribution in [0.1, 0.15) is 5.82 Å². The Morgan fingerprint density at radius 3 is 2.65 bits per heavy atom. The lowest BCUT2D eigenvalue weighted by Gasteiger charge is -2.02. The lowest BCUT2D eigenvalue weighted by atomic mass is 10.3. The number of rotatable bonds is 4. The van der Waals surface area contributed by atoms with Crippen LogP contribution in [0, 0.1) is 0 Å². The van der Waals surface area contributed by atoms with Crippen LogP contribution in [0.5, 0.6) is 0 Å². The summed E-state index contributed by atoms with van der Waals surface area (Å²) in [6.07, 6.45) is 0. The molecule has 0 radical (unpaired) electrons. The summed E-state index contributed by atoms with van der Waals surface area (Å²) in [5.74, 6) is 1.08. The number of hydrogen-bond acceptors (Lipinski definition) is 4. The van der Waals surface area contributed by atoms with E-state index in [4.69, 9.17) is 27.9 Å². The highest BCUT2D eigenvalue weighted by molar-refractivity contribution is 6.35. The number of hydrogen-bond donors (Lipinski definition) is 2. The van der Waals surface area contributed by atoms with Crippen LogP contribution in [0.25, 0.3) is 0 Å². The Labute approximate surface area is 108 Å². The summed E-state index contributed by atoms with van der Waals surface area (Å²) < 4.78 is 4.93.